The molecule has 0 spiro atoms. The zero-order valence-corrected chi connectivity index (χ0v) is 18.5. The summed E-state index contributed by atoms with van der Waals surface area (Å²) in [5, 5.41) is 11.7. The van der Waals surface area contributed by atoms with Crippen LogP contribution < -0.4 is 20.5 Å². The monoisotopic (exact) mass is 451 g/mol. The summed E-state index contributed by atoms with van der Waals surface area (Å²) in [4.78, 5) is 12.8. The number of hydrogen-bond donors (Lipinski definition) is 2. The number of hydrogen-bond acceptors (Lipinski definition) is 11. The molecule has 11 heteroatoms. The Labute approximate surface area is 188 Å². The van der Waals surface area contributed by atoms with Crippen LogP contribution in [0.1, 0.15) is 11.4 Å². The molecule has 0 aliphatic carbocycles. The average Bonchev–Trinajstić information content (AvgIpc) is 3.27. The number of aromatic nitrogens is 5. The van der Waals surface area contributed by atoms with Gasteiger partial charge >= 0.3 is 0 Å². The van der Waals surface area contributed by atoms with Crippen molar-refractivity contribution < 1.29 is 13.9 Å². The maximum atomic E-state index is 5.87. The van der Waals surface area contributed by atoms with Gasteiger partial charge < -0.3 is 24.9 Å². The first-order valence-corrected chi connectivity index (χ1v) is 10.6. The first-order valence-electron chi connectivity index (χ1n) is 9.57. The van der Waals surface area contributed by atoms with E-state index in [2.05, 4.69) is 30.5 Å². The third-order valence-corrected chi connectivity index (χ3v) is 5.27. The largest absolute Gasteiger partial charge is 0.493 e. The zero-order valence-electron chi connectivity index (χ0n) is 17.7. The van der Waals surface area contributed by atoms with Gasteiger partial charge in [-0.25, -0.2) is 0 Å². The van der Waals surface area contributed by atoms with E-state index in [9.17, 15) is 0 Å². The minimum atomic E-state index is 0.128. The Kier molecular flexibility index (Phi) is 6.36. The molecule has 0 fully saturated rings. The van der Waals surface area contributed by atoms with E-state index in [1.54, 1.807) is 26.4 Å². The van der Waals surface area contributed by atoms with Crippen LogP contribution in [0.15, 0.2) is 52.1 Å². The van der Waals surface area contributed by atoms with Crippen LogP contribution in [0.2, 0.25) is 0 Å². The lowest BCUT2D eigenvalue weighted by Gasteiger charge is -2.09. The van der Waals surface area contributed by atoms with Crippen LogP contribution in [0.25, 0.3) is 11.5 Å². The molecule has 0 bridgehead atoms. The molecular formula is C21H21N7O3S. The number of ether oxygens (including phenoxy) is 2. The number of aryl methyl sites for hydroxylation is 1. The number of nitrogens with one attached hydrogen (secondary N) is 1. The van der Waals surface area contributed by atoms with E-state index in [-0.39, 0.29) is 5.95 Å². The molecular weight excluding hydrogens is 430 g/mol. The Morgan fingerprint density at radius 3 is 2.59 bits per heavy atom. The summed E-state index contributed by atoms with van der Waals surface area (Å²) >= 11 is 1.30. The fourth-order valence-electron chi connectivity index (χ4n) is 2.87. The summed E-state index contributed by atoms with van der Waals surface area (Å²) in [6.45, 7) is 2.00. The number of anilines is 3. The SMILES string of the molecule is COc1ccc(-c2nnc(SCc3nc(N)nc(Nc4ccccc4C)n3)o2)cc1OC. The van der Waals surface area contributed by atoms with Crippen LogP contribution in [0, 0.1) is 6.92 Å². The second-order valence-corrected chi connectivity index (χ2v) is 7.53. The summed E-state index contributed by atoms with van der Waals surface area (Å²) in [6.07, 6.45) is 0. The van der Waals surface area contributed by atoms with E-state index in [4.69, 9.17) is 19.6 Å². The van der Waals surface area contributed by atoms with Gasteiger partial charge in [0.25, 0.3) is 5.22 Å². The van der Waals surface area contributed by atoms with Crippen LogP contribution in [0.5, 0.6) is 11.5 Å². The van der Waals surface area contributed by atoms with Crippen LogP contribution in [0.3, 0.4) is 0 Å². The lowest BCUT2D eigenvalue weighted by molar-refractivity contribution is 0.355. The first-order chi connectivity index (χ1) is 15.6. The number of methoxy groups -OCH3 is 2. The number of para-hydroxylation sites is 1. The molecule has 2 aromatic carbocycles. The van der Waals surface area contributed by atoms with Gasteiger partial charge in [-0.1, -0.05) is 30.0 Å². The van der Waals surface area contributed by atoms with Crippen molar-refractivity contribution in [3.05, 3.63) is 53.9 Å². The highest BCUT2D eigenvalue weighted by molar-refractivity contribution is 7.98. The van der Waals surface area contributed by atoms with Gasteiger partial charge in [0, 0.05) is 11.3 Å². The number of thioether (sulfide) groups is 1. The molecule has 2 heterocycles. The minimum absolute atomic E-state index is 0.128. The molecule has 10 nitrogen and oxygen atoms in total. The van der Waals surface area contributed by atoms with Crippen molar-refractivity contribution in [3.63, 3.8) is 0 Å². The molecule has 0 atom stereocenters. The number of benzene rings is 2. The van der Waals surface area contributed by atoms with Gasteiger partial charge in [0.2, 0.25) is 17.8 Å². The number of nitrogens with two attached hydrogens (primary N) is 1. The van der Waals surface area contributed by atoms with E-state index in [1.165, 1.54) is 11.8 Å². The third kappa shape index (κ3) is 4.89. The molecule has 0 radical (unpaired) electrons. The predicted molar refractivity (Wildman–Crippen MR) is 121 cm³/mol. The second-order valence-electron chi connectivity index (χ2n) is 6.60. The third-order valence-electron chi connectivity index (χ3n) is 4.45. The zero-order chi connectivity index (χ0) is 22.5. The van der Waals surface area contributed by atoms with Crippen molar-refractivity contribution in [2.45, 2.75) is 17.9 Å². The van der Waals surface area contributed by atoms with Gasteiger partial charge in [-0.2, -0.15) is 15.0 Å². The Bertz CT molecular complexity index is 1230. The molecule has 0 amide bonds. The van der Waals surface area contributed by atoms with Gasteiger partial charge in [0.05, 0.1) is 20.0 Å². The Hall–Kier alpha value is -3.86. The highest BCUT2D eigenvalue weighted by Gasteiger charge is 2.14. The van der Waals surface area contributed by atoms with E-state index in [0.717, 1.165) is 16.8 Å². The van der Waals surface area contributed by atoms with Crippen LogP contribution in [-0.2, 0) is 5.75 Å². The smallest absolute Gasteiger partial charge is 0.277 e. The van der Waals surface area contributed by atoms with Crippen molar-refractivity contribution in [2.24, 2.45) is 0 Å². The van der Waals surface area contributed by atoms with Gasteiger partial charge in [-0.15, -0.1) is 10.2 Å². The topological polar surface area (TPSA) is 134 Å². The predicted octanol–water partition coefficient (Wildman–Crippen LogP) is 3.87. The lowest BCUT2D eigenvalue weighted by atomic mass is 10.2. The molecule has 2 aromatic heterocycles. The fourth-order valence-corrected chi connectivity index (χ4v) is 3.49. The molecule has 0 unspecified atom stereocenters. The van der Waals surface area contributed by atoms with E-state index < -0.39 is 0 Å². The summed E-state index contributed by atoms with van der Waals surface area (Å²) in [5.41, 5.74) is 8.55. The summed E-state index contributed by atoms with van der Waals surface area (Å²) in [5.74, 6) is 2.93. The summed E-state index contributed by atoms with van der Waals surface area (Å²) in [7, 11) is 3.15. The highest BCUT2D eigenvalue weighted by atomic mass is 32.2. The van der Waals surface area contributed by atoms with E-state index >= 15 is 0 Å². The van der Waals surface area contributed by atoms with Crippen molar-refractivity contribution in [1.82, 2.24) is 25.1 Å². The second kappa shape index (κ2) is 9.52. The van der Waals surface area contributed by atoms with Crippen molar-refractivity contribution in [2.75, 3.05) is 25.3 Å². The number of rotatable bonds is 8. The molecule has 3 N–H and O–H groups in total. The van der Waals surface area contributed by atoms with Crippen LogP contribution >= 0.6 is 11.8 Å². The molecule has 0 saturated heterocycles. The minimum Gasteiger partial charge on any atom is -0.493 e. The molecule has 0 aliphatic rings. The summed E-state index contributed by atoms with van der Waals surface area (Å²) < 4.78 is 16.3. The normalized spacial score (nSPS) is 10.7. The fraction of sp³-hybridized carbons (Fsp3) is 0.190. The van der Waals surface area contributed by atoms with Gasteiger partial charge in [-0.05, 0) is 36.8 Å². The van der Waals surface area contributed by atoms with E-state index in [1.807, 2.05) is 37.3 Å². The lowest BCUT2D eigenvalue weighted by Crippen LogP contribution is -2.07. The van der Waals surface area contributed by atoms with Crippen LogP contribution in [0.4, 0.5) is 17.6 Å². The molecule has 4 aromatic rings. The molecule has 4 rings (SSSR count). The highest BCUT2D eigenvalue weighted by Crippen LogP contribution is 2.33. The first kappa shape index (κ1) is 21.4. The number of nitrogens with zero attached hydrogens (tertiary/aromatic N) is 5. The van der Waals surface area contributed by atoms with Crippen molar-refractivity contribution >= 4 is 29.3 Å². The molecule has 0 saturated carbocycles. The van der Waals surface area contributed by atoms with Gasteiger partial charge in [0.1, 0.15) is 5.82 Å². The number of nitrogen functional groups attached to an aromatic ring is 1. The Morgan fingerprint density at radius 2 is 1.81 bits per heavy atom. The van der Waals surface area contributed by atoms with Crippen LogP contribution in [-0.4, -0.2) is 39.4 Å². The Balaban J connectivity index is 1.46. The molecule has 164 valence electrons. The van der Waals surface area contributed by atoms with Gasteiger partial charge in [-0.3, -0.25) is 0 Å². The molecule has 32 heavy (non-hydrogen) atoms. The quantitative estimate of drug-likeness (QED) is 0.378. The van der Waals surface area contributed by atoms with Crippen molar-refractivity contribution in [1.29, 1.82) is 0 Å². The van der Waals surface area contributed by atoms with Crippen molar-refractivity contribution in [3.8, 4) is 23.0 Å². The maximum Gasteiger partial charge on any atom is 0.277 e. The maximum absolute atomic E-state index is 5.87. The van der Waals surface area contributed by atoms with E-state index in [0.29, 0.717) is 40.1 Å². The standard InChI is InChI=1S/C21H21N7O3S/c1-12-6-4-5-7-14(12)23-20-25-17(24-19(22)26-20)11-32-21-28-27-18(31-21)13-8-9-15(29-2)16(10-13)30-3/h4-10H,11H2,1-3H3,(H3,22,23,24,25,26). The average molecular weight is 452 g/mol. The van der Waals surface area contributed by atoms with Gasteiger partial charge in [0.15, 0.2) is 11.5 Å². The molecule has 0 aliphatic heterocycles. The Morgan fingerprint density at radius 1 is 1.00 bits per heavy atom. The summed E-state index contributed by atoms with van der Waals surface area (Å²) in [6, 6.07) is 13.2.